The lowest BCUT2D eigenvalue weighted by molar-refractivity contribution is -0.111. The van der Waals surface area contributed by atoms with Crippen molar-refractivity contribution in [3.63, 3.8) is 0 Å². The Hall–Kier alpha value is -4.45. The van der Waals surface area contributed by atoms with Crippen LogP contribution in [0.25, 0.3) is 16.6 Å². The van der Waals surface area contributed by atoms with Crippen molar-refractivity contribution in [3.8, 4) is 17.2 Å². The smallest absolute Gasteiger partial charge is 0.247 e. The lowest BCUT2D eigenvalue weighted by Gasteiger charge is -2.33. The first-order valence-electron chi connectivity index (χ1n) is 11.1. The second-order valence-electron chi connectivity index (χ2n) is 8.41. The van der Waals surface area contributed by atoms with E-state index in [0.29, 0.717) is 17.2 Å². The maximum Gasteiger partial charge on any atom is 0.247 e. The molecule has 0 unspecified atom stereocenters. The molecule has 0 bridgehead atoms. The summed E-state index contributed by atoms with van der Waals surface area (Å²) in [5.74, 6) is 0.920. The van der Waals surface area contributed by atoms with E-state index in [0.717, 1.165) is 54.0 Å². The van der Waals surface area contributed by atoms with Crippen LogP contribution in [-0.2, 0) is 11.8 Å². The Bertz CT molecular complexity index is 1400. The van der Waals surface area contributed by atoms with Gasteiger partial charge in [-0.25, -0.2) is 9.50 Å². The number of anilines is 2. The topological polar surface area (TPSA) is 104 Å². The maximum absolute atomic E-state index is 11.5. The standard InChI is InChI=1S/C25H24N8O/c1-3-24(34)30-21-4-5-23(27-14-21)32-8-6-17(7-9-32)22-10-18(20-13-28-31(2)15-20)16-33-25(22)19(11-26)12-29-33/h3-5,10,12-17H,1,6-9H2,2H3,(H,30,34). The normalized spacial score (nSPS) is 14.2. The average Bonchev–Trinajstić information content (AvgIpc) is 3.50. The van der Waals surface area contributed by atoms with Crippen molar-refractivity contribution >= 4 is 22.9 Å². The Kier molecular flexibility index (Phi) is 5.55. The highest BCUT2D eigenvalue weighted by Gasteiger charge is 2.25. The third kappa shape index (κ3) is 4.01. The summed E-state index contributed by atoms with van der Waals surface area (Å²) in [7, 11) is 1.90. The lowest BCUT2D eigenvalue weighted by atomic mass is 9.87. The van der Waals surface area contributed by atoms with Crippen LogP contribution in [0.2, 0.25) is 0 Å². The molecule has 1 N–H and O–H groups in total. The number of aryl methyl sites for hydroxylation is 1. The molecule has 0 aliphatic carbocycles. The molecule has 1 amide bonds. The first-order chi connectivity index (χ1) is 16.6. The quantitative estimate of drug-likeness (QED) is 0.465. The number of nitriles is 1. The first-order valence-corrected chi connectivity index (χ1v) is 11.1. The minimum absolute atomic E-state index is 0.258. The highest BCUT2D eigenvalue weighted by molar-refractivity contribution is 5.98. The summed E-state index contributed by atoms with van der Waals surface area (Å²) >= 11 is 0. The number of nitrogens with zero attached hydrogens (tertiary/aromatic N) is 7. The number of amides is 1. The van der Waals surface area contributed by atoms with E-state index in [1.165, 1.54) is 6.08 Å². The third-order valence-electron chi connectivity index (χ3n) is 6.26. The predicted octanol–water partition coefficient (Wildman–Crippen LogP) is 3.51. The molecule has 0 saturated carbocycles. The van der Waals surface area contributed by atoms with E-state index >= 15 is 0 Å². The van der Waals surface area contributed by atoms with Crippen molar-refractivity contribution in [2.24, 2.45) is 7.05 Å². The molecule has 1 aliphatic heterocycles. The largest absolute Gasteiger partial charge is 0.357 e. The predicted molar refractivity (Wildman–Crippen MR) is 129 cm³/mol. The number of rotatable bonds is 5. The van der Waals surface area contributed by atoms with Crippen LogP contribution in [0.1, 0.15) is 29.9 Å². The molecule has 0 spiro atoms. The molecule has 0 aromatic carbocycles. The molecular formula is C25H24N8O. The minimum atomic E-state index is -0.258. The highest BCUT2D eigenvalue weighted by atomic mass is 16.1. The van der Waals surface area contributed by atoms with Crippen molar-refractivity contribution in [1.82, 2.24) is 24.4 Å². The van der Waals surface area contributed by atoms with E-state index in [9.17, 15) is 10.1 Å². The molecule has 1 fully saturated rings. The lowest BCUT2D eigenvalue weighted by Crippen LogP contribution is -2.33. The van der Waals surface area contributed by atoms with Crippen molar-refractivity contribution in [2.45, 2.75) is 18.8 Å². The molecule has 34 heavy (non-hydrogen) atoms. The molecule has 5 heterocycles. The summed E-state index contributed by atoms with van der Waals surface area (Å²) in [6, 6.07) is 8.25. The van der Waals surface area contributed by atoms with Gasteiger partial charge in [-0.05, 0) is 48.6 Å². The fourth-order valence-corrected chi connectivity index (χ4v) is 4.53. The Morgan fingerprint density at radius 3 is 2.65 bits per heavy atom. The van der Waals surface area contributed by atoms with Gasteiger partial charge in [0.15, 0.2) is 0 Å². The van der Waals surface area contributed by atoms with Crippen LogP contribution in [0.15, 0.2) is 61.8 Å². The van der Waals surface area contributed by atoms with Crippen LogP contribution in [0, 0.1) is 11.3 Å². The molecule has 9 nitrogen and oxygen atoms in total. The van der Waals surface area contributed by atoms with Crippen LogP contribution in [0.5, 0.6) is 0 Å². The average molecular weight is 453 g/mol. The van der Waals surface area contributed by atoms with E-state index in [-0.39, 0.29) is 5.91 Å². The van der Waals surface area contributed by atoms with E-state index in [1.54, 1.807) is 17.1 Å². The van der Waals surface area contributed by atoms with Gasteiger partial charge in [-0.15, -0.1) is 0 Å². The zero-order valence-corrected chi connectivity index (χ0v) is 18.8. The fraction of sp³-hybridized carbons (Fsp3) is 0.240. The SMILES string of the molecule is C=CC(=O)Nc1ccc(N2CCC(c3cc(-c4cnn(C)c4)cn4ncc(C#N)c34)CC2)nc1. The summed E-state index contributed by atoms with van der Waals surface area (Å²) in [6.45, 7) is 5.15. The number of nitrogens with one attached hydrogen (secondary N) is 1. The fourth-order valence-electron chi connectivity index (χ4n) is 4.53. The van der Waals surface area contributed by atoms with E-state index < -0.39 is 0 Å². The summed E-state index contributed by atoms with van der Waals surface area (Å²) in [6.07, 6.45) is 12.2. The minimum Gasteiger partial charge on any atom is -0.357 e. The molecule has 170 valence electrons. The number of fused-ring (bicyclic) bond motifs is 1. The van der Waals surface area contributed by atoms with Crippen LogP contribution in [0.3, 0.4) is 0 Å². The van der Waals surface area contributed by atoms with Gasteiger partial charge in [0.1, 0.15) is 11.9 Å². The zero-order chi connectivity index (χ0) is 23.7. The molecule has 5 rings (SSSR count). The number of hydrogen-bond donors (Lipinski definition) is 1. The number of pyridine rings is 2. The third-order valence-corrected chi connectivity index (χ3v) is 6.26. The van der Waals surface area contributed by atoms with Gasteiger partial charge in [-0.1, -0.05) is 6.58 Å². The highest BCUT2D eigenvalue weighted by Crippen LogP contribution is 2.36. The number of hydrogen-bond acceptors (Lipinski definition) is 6. The first kappa shape index (κ1) is 21.4. The van der Waals surface area contributed by atoms with Gasteiger partial charge in [-0.3, -0.25) is 9.48 Å². The van der Waals surface area contributed by atoms with Crippen molar-refractivity contribution < 1.29 is 4.79 Å². The second-order valence-corrected chi connectivity index (χ2v) is 8.41. The molecule has 4 aromatic rings. The second kappa shape index (κ2) is 8.83. The van der Waals surface area contributed by atoms with Crippen molar-refractivity contribution in [3.05, 3.63) is 73.0 Å². The van der Waals surface area contributed by atoms with Crippen LogP contribution in [0.4, 0.5) is 11.5 Å². The van der Waals surface area contributed by atoms with Crippen molar-refractivity contribution in [1.29, 1.82) is 5.26 Å². The van der Waals surface area contributed by atoms with Gasteiger partial charge in [0.2, 0.25) is 5.91 Å². The van der Waals surface area contributed by atoms with E-state index in [1.807, 2.05) is 42.3 Å². The summed E-state index contributed by atoms with van der Waals surface area (Å²) < 4.78 is 3.60. The molecular weight excluding hydrogens is 428 g/mol. The van der Waals surface area contributed by atoms with Crippen LogP contribution >= 0.6 is 0 Å². The van der Waals surface area contributed by atoms with Gasteiger partial charge >= 0.3 is 0 Å². The zero-order valence-electron chi connectivity index (χ0n) is 18.8. The van der Waals surface area contributed by atoms with Gasteiger partial charge in [0.25, 0.3) is 0 Å². The Morgan fingerprint density at radius 1 is 1.18 bits per heavy atom. The monoisotopic (exact) mass is 452 g/mol. The Balaban J connectivity index is 1.39. The summed E-state index contributed by atoms with van der Waals surface area (Å²) in [4.78, 5) is 18.2. The van der Waals surface area contributed by atoms with Gasteiger partial charge < -0.3 is 10.2 Å². The molecule has 4 aromatic heterocycles. The molecule has 9 heteroatoms. The molecule has 1 aliphatic rings. The Morgan fingerprint density at radius 2 is 2.00 bits per heavy atom. The molecule has 0 atom stereocenters. The summed E-state index contributed by atoms with van der Waals surface area (Å²) in [5, 5.41) is 21.1. The number of piperidine rings is 1. The van der Waals surface area contributed by atoms with Gasteiger partial charge in [0, 0.05) is 43.7 Å². The van der Waals surface area contributed by atoms with E-state index in [4.69, 9.17) is 0 Å². The van der Waals surface area contributed by atoms with Crippen molar-refractivity contribution in [2.75, 3.05) is 23.3 Å². The van der Waals surface area contributed by atoms with Gasteiger partial charge in [0.05, 0.1) is 35.4 Å². The van der Waals surface area contributed by atoms with E-state index in [2.05, 4.69) is 44.1 Å². The van der Waals surface area contributed by atoms with Crippen LogP contribution in [-0.4, -0.2) is 43.4 Å². The number of aromatic nitrogens is 5. The maximum atomic E-state index is 11.5. The molecule has 1 saturated heterocycles. The Labute approximate surface area is 196 Å². The molecule has 0 radical (unpaired) electrons. The summed E-state index contributed by atoms with van der Waals surface area (Å²) in [5.41, 5.74) is 5.31. The van der Waals surface area contributed by atoms with Crippen LogP contribution < -0.4 is 10.2 Å². The number of carbonyl (C=O) groups is 1. The number of carbonyl (C=O) groups excluding carboxylic acids is 1. The van der Waals surface area contributed by atoms with Gasteiger partial charge in [-0.2, -0.15) is 15.5 Å².